The summed E-state index contributed by atoms with van der Waals surface area (Å²) in [6.45, 7) is 0.531. The second-order valence-corrected chi connectivity index (χ2v) is 8.01. The molecule has 0 aliphatic rings. The largest absolute Gasteiger partial charge is 0.340 e. The SMILES string of the molecule is CS(=O)(=O)c1ccc2c(c1)cc(CCC#N)n2Cc1ccc(F)cc1. The van der Waals surface area contributed by atoms with Gasteiger partial charge in [0.25, 0.3) is 0 Å². The molecule has 0 unspecified atom stereocenters. The van der Waals surface area contributed by atoms with Gasteiger partial charge < -0.3 is 4.57 Å². The van der Waals surface area contributed by atoms with Crippen molar-refractivity contribution in [1.29, 1.82) is 5.26 Å². The Bertz CT molecular complexity index is 1060. The summed E-state index contributed by atoms with van der Waals surface area (Å²) >= 11 is 0. The van der Waals surface area contributed by atoms with Crippen LogP contribution in [0.4, 0.5) is 4.39 Å². The van der Waals surface area contributed by atoms with Gasteiger partial charge in [-0.25, -0.2) is 12.8 Å². The second kappa shape index (κ2) is 6.69. The highest BCUT2D eigenvalue weighted by molar-refractivity contribution is 7.90. The smallest absolute Gasteiger partial charge is 0.175 e. The fourth-order valence-corrected chi connectivity index (χ4v) is 3.54. The van der Waals surface area contributed by atoms with Crippen molar-refractivity contribution in [3.05, 3.63) is 65.6 Å². The number of sulfone groups is 1. The van der Waals surface area contributed by atoms with Crippen LogP contribution < -0.4 is 0 Å². The Kier molecular flexibility index (Phi) is 4.60. The molecule has 0 bridgehead atoms. The highest BCUT2D eigenvalue weighted by Gasteiger charge is 2.13. The first-order chi connectivity index (χ1) is 11.9. The number of nitriles is 1. The first kappa shape index (κ1) is 17.2. The van der Waals surface area contributed by atoms with Crippen LogP contribution in [0.2, 0.25) is 0 Å². The van der Waals surface area contributed by atoms with Crippen molar-refractivity contribution in [2.75, 3.05) is 6.26 Å². The molecule has 1 aromatic heterocycles. The summed E-state index contributed by atoms with van der Waals surface area (Å²) in [5, 5.41) is 9.70. The predicted molar refractivity (Wildman–Crippen MR) is 94.5 cm³/mol. The maximum absolute atomic E-state index is 13.1. The molecular formula is C19H17FN2O2S. The average molecular weight is 356 g/mol. The van der Waals surface area contributed by atoms with Gasteiger partial charge in [0, 0.05) is 42.2 Å². The summed E-state index contributed by atoms with van der Waals surface area (Å²) in [6, 6.07) is 15.4. The molecule has 25 heavy (non-hydrogen) atoms. The Morgan fingerprint density at radius 1 is 1.12 bits per heavy atom. The molecule has 0 N–H and O–H groups in total. The standard InChI is InChI=1S/C19H17FN2O2S/c1-25(23,24)18-8-9-19-15(12-18)11-17(3-2-10-21)22(19)13-14-4-6-16(20)7-5-14/h4-9,11-12H,2-3,13H2,1H3. The third kappa shape index (κ3) is 3.72. The lowest BCUT2D eigenvalue weighted by Gasteiger charge is -2.11. The number of halogens is 1. The third-order valence-corrected chi connectivity index (χ3v) is 5.24. The first-order valence-electron chi connectivity index (χ1n) is 7.82. The van der Waals surface area contributed by atoms with E-state index in [2.05, 4.69) is 6.07 Å². The molecule has 0 radical (unpaired) electrons. The normalized spacial score (nSPS) is 11.6. The molecule has 128 valence electrons. The summed E-state index contributed by atoms with van der Waals surface area (Å²) in [7, 11) is -3.28. The molecule has 4 nitrogen and oxygen atoms in total. The van der Waals surface area contributed by atoms with E-state index in [9.17, 15) is 12.8 Å². The fraction of sp³-hybridized carbons (Fsp3) is 0.211. The molecule has 3 aromatic rings. The van der Waals surface area contributed by atoms with Crippen molar-refractivity contribution in [3.8, 4) is 6.07 Å². The molecule has 6 heteroatoms. The van der Waals surface area contributed by atoms with Gasteiger partial charge in [-0.2, -0.15) is 5.26 Å². The lowest BCUT2D eigenvalue weighted by molar-refractivity contribution is 0.602. The molecule has 1 heterocycles. The molecule has 0 aliphatic heterocycles. The van der Waals surface area contributed by atoms with Gasteiger partial charge in [0.15, 0.2) is 9.84 Å². The van der Waals surface area contributed by atoms with E-state index >= 15 is 0 Å². The van der Waals surface area contributed by atoms with E-state index in [4.69, 9.17) is 5.26 Å². The number of hydrogen-bond donors (Lipinski definition) is 0. The Morgan fingerprint density at radius 3 is 2.48 bits per heavy atom. The molecular weight excluding hydrogens is 339 g/mol. The van der Waals surface area contributed by atoms with Gasteiger partial charge in [-0.3, -0.25) is 0 Å². The predicted octanol–water partition coefficient (Wildman–Crippen LogP) is 3.69. The minimum atomic E-state index is -3.28. The summed E-state index contributed by atoms with van der Waals surface area (Å²) in [4.78, 5) is 0.269. The number of aryl methyl sites for hydroxylation is 1. The number of aromatic nitrogens is 1. The minimum absolute atomic E-state index is 0.269. The van der Waals surface area contributed by atoms with E-state index in [0.717, 1.165) is 22.2 Å². The number of benzene rings is 2. The van der Waals surface area contributed by atoms with Crippen molar-refractivity contribution >= 4 is 20.7 Å². The van der Waals surface area contributed by atoms with Gasteiger partial charge in [-0.1, -0.05) is 12.1 Å². The molecule has 0 saturated heterocycles. The quantitative estimate of drug-likeness (QED) is 0.700. The van der Waals surface area contributed by atoms with E-state index < -0.39 is 9.84 Å². The fourth-order valence-electron chi connectivity index (χ4n) is 2.89. The Labute approximate surface area is 146 Å². The van der Waals surface area contributed by atoms with Crippen LogP contribution in [0.5, 0.6) is 0 Å². The van der Waals surface area contributed by atoms with Crippen molar-refractivity contribution in [2.24, 2.45) is 0 Å². The van der Waals surface area contributed by atoms with Crippen LogP contribution in [-0.4, -0.2) is 19.2 Å². The second-order valence-electron chi connectivity index (χ2n) is 6.00. The molecule has 0 aliphatic carbocycles. The van der Waals surface area contributed by atoms with E-state index in [1.54, 1.807) is 30.3 Å². The highest BCUT2D eigenvalue weighted by atomic mass is 32.2. The van der Waals surface area contributed by atoms with Crippen LogP contribution in [-0.2, 0) is 22.8 Å². The number of fused-ring (bicyclic) bond motifs is 1. The van der Waals surface area contributed by atoms with Gasteiger partial charge in [0.05, 0.1) is 11.0 Å². The maximum atomic E-state index is 13.1. The van der Waals surface area contributed by atoms with Crippen molar-refractivity contribution in [1.82, 2.24) is 4.57 Å². The zero-order chi connectivity index (χ0) is 18.0. The highest BCUT2D eigenvalue weighted by Crippen LogP contribution is 2.25. The lowest BCUT2D eigenvalue weighted by Crippen LogP contribution is -2.04. The van der Waals surface area contributed by atoms with Crippen molar-refractivity contribution in [2.45, 2.75) is 24.3 Å². The number of rotatable bonds is 5. The van der Waals surface area contributed by atoms with Crippen LogP contribution >= 0.6 is 0 Å². The van der Waals surface area contributed by atoms with Gasteiger partial charge in [-0.05, 0) is 42.0 Å². The monoisotopic (exact) mass is 356 g/mol. The molecule has 2 aromatic carbocycles. The summed E-state index contributed by atoms with van der Waals surface area (Å²) in [6.07, 6.45) is 2.12. The van der Waals surface area contributed by atoms with E-state index in [0.29, 0.717) is 19.4 Å². The van der Waals surface area contributed by atoms with E-state index in [1.165, 1.54) is 18.4 Å². The van der Waals surface area contributed by atoms with Crippen LogP contribution in [0, 0.1) is 17.1 Å². The summed E-state index contributed by atoms with van der Waals surface area (Å²) in [5.41, 5.74) is 2.78. The summed E-state index contributed by atoms with van der Waals surface area (Å²) < 4.78 is 38.7. The third-order valence-electron chi connectivity index (χ3n) is 4.13. The topological polar surface area (TPSA) is 62.9 Å². The summed E-state index contributed by atoms with van der Waals surface area (Å²) in [5.74, 6) is -0.288. The van der Waals surface area contributed by atoms with Gasteiger partial charge in [0.2, 0.25) is 0 Å². The van der Waals surface area contributed by atoms with Crippen LogP contribution in [0.1, 0.15) is 17.7 Å². The van der Waals surface area contributed by atoms with E-state index in [-0.39, 0.29) is 10.7 Å². The van der Waals surface area contributed by atoms with E-state index in [1.807, 2.05) is 10.6 Å². The zero-order valence-corrected chi connectivity index (χ0v) is 14.6. The Balaban J connectivity index is 2.10. The first-order valence-corrected chi connectivity index (χ1v) is 9.71. The van der Waals surface area contributed by atoms with Crippen LogP contribution in [0.3, 0.4) is 0 Å². The Morgan fingerprint density at radius 2 is 1.84 bits per heavy atom. The Hall–Kier alpha value is -2.65. The maximum Gasteiger partial charge on any atom is 0.175 e. The molecule has 0 spiro atoms. The molecule has 0 fully saturated rings. The van der Waals surface area contributed by atoms with Gasteiger partial charge in [0.1, 0.15) is 5.82 Å². The van der Waals surface area contributed by atoms with Crippen LogP contribution in [0.15, 0.2) is 53.4 Å². The van der Waals surface area contributed by atoms with Crippen molar-refractivity contribution < 1.29 is 12.8 Å². The molecule has 3 rings (SSSR count). The molecule has 0 saturated carbocycles. The average Bonchev–Trinajstić information content (AvgIpc) is 2.91. The van der Waals surface area contributed by atoms with Crippen LogP contribution in [0.25, 0.3) is 10.9 Å². The molecule has 0 amide bonds. The number of nitrogens with zero attached hydrogens (tertiary/aromatic N) is 2. The van der Waals surface area contributed by atoms with Gasteiger partial charge in [-0.15, -0.1) is 0 Å². The number of hydrogen-bond acceptors (Lipinski definition) is 3. The molecule has 0 atom stereocenters. The lowest BCUT2D eigenvalue weighted by atomic mass is 10.2. The minimum Gasteiger partial charge on any atom is -0.340 e. The van der Waals surface area contributed by atoms with Crippen molar-refractivity contribution in [3.63, 3.8) is 0 Å². The zero-order valence-electron chi connectivity index (χ0n) is 13.7. The van der Waals surface area contributed by atoms with Gasteiger partial charge >= 0.3 is 0 Å².